The van der Waals surface area contributed by atoms with Crippen LogP contribution in [0.25, 0.3) is 0 Å². The SMILES string of the molecule is CC(C)(C)NC(=O)C(COCc1ccccc1)NC(=O)OC(C)(C)C. The third-order valence-electron chi connectivity index (χ3n) is 2.90. The molecule has 0 bridgehead atoms. The summed E-state index contributed by atoms with van der Waals surface area (Å²) in [6, 6.07) is 8.80. The molecule has 6 heteroatoms. The van der Waals surface area contributed by atoms with E-state index in [-0.39, 0.29) is 12.5 Å². The van der Waals surface area contributed by atoms with Crippen LogP contribution >= 0.6 is 0 Å². The summed E-state index contributed by atoms with van der Waals surface area (Å²) in [4.78, 5) is 24.4. The van der Waals surface area contributed by atoms with Gasteiger partial charge in [0.2, 0.25) is 5.91 Å². The minimum absolute atomic E-state index is 0.0516. The Hall–Kier alpha value is -2.08. The number of amides is 2. The number of hydrogen-bond donors (Lipinski definition) is 2. The number of alkyl carbamates (subject to hydrolysis) is 1. The summed E-state index contributed by atoms with van der Waals surface area (Å²) in [5, 5.41) is 5.43. The minimum atomic E-state index is -0.835. The highest BCUT2D eigenvalue weighted by atomic mass is 16.6. The maximum absolute atomic E-state index is 12.4. The second-order valence-electron chi connectivity index (χ2n) is 7.94. The van der Waals surface area contributed by atoms with E-state index in [1.807, 2.05) is 51.1 Å². The molecule has 2 N–H and O–H groups in total. The Kier molecular flexibility index (Phi) is 7.42. The summed E-state index contributed by atoms with van der Waals surface area (Å²) in [5.74, 6) is -0.313. The Morgan fingerprint density at radius 3 is 2.16 bits per heavy atom. The van der Waals surface area contributed by atoms with Crippen LogP contribution in [0.3, 0.4) is 0 Å². The van der Waals surface area contributed by atoms with Crippen LogP contribution in [0.1, 0.15) is 47.1 Å². The molecule has 1 rings (SSSR count). The number of benzene rings is 1. The van der Waals surface area contributed by atoms with Crippen molar-refractivity contribution in [2.75, 3.05) is 6.61 Å². The van der Waals surface area contributed by atoms with Gasteiger partial charge in [-0.2, -0.15) is 0 Å². The molecule has 0 aliphatic carbocycles. The number of nitrogens with one attached hydrogen (secondary N) is 2. The molecule has 140 valence electrons. The number of ether oxygens (including phenoxy) is 2. The fraction of sp³-hybridized carbons (Fsp3) is 0.579. The van der Waals surface area contributed by atoms with Crippen molar-refractivity contribution in [3.8, 4) is 0 Å². The Morgan fingerprint density at radius 2 is 1.64 bits per heavy atom. The summed E-state index contributed by atoms with van der Waals surface area (Å²) in [6.45, 7) is 11.3. The first kappa shape index (κ1) is 21.0. The van der Waals surface area contributed by atoms with Crippen molar-refractivity contribution in [3.05, 3.63) is 35.9 Å². The van der Waals surface area contributed by atoms with Gasteiger partial charge < -0.3 is 20.1 Å². The molecule has 0 radical (unpaired) electrons. The topological polar surface area (TPSA) is 76.7 Å². The predicted molar refractivity (Wildman–Crippen MR) is 97.2 cm³/mol. The van der Waals surface area contributed by atoms with Crippen LogP contribution < -0.4 is 10.6 Å². The van der Waals surface area contributed by atoms with Gasteiger partial charge in [0.15, 0.2) is 0 Å². The molecule has 1 aromatic carbocycles. The molecule has 0 aliphatic heterocycles. The first-order chi connectivity index (χ1) is 11.5. The van der Waals surface area contributed by atoms with Crippen LogP contribution in [0.5, 0.6) is 0 Å². The van der Waals surface area contributed by atoms with Crippen molar-refractivity contribution in [1.29, 1.82) is 0 Å². The average Bonchev–Trinajstić information content (AvgIpc) is 2.43. The Balaban J connectivity index is 2.66. The number of carbonyl (C=O) groups excluding carboxylic acids is 2. The van der Waals surface area contributed by atoms with E-state index in [2.05, 4.69) is 10.6 Å². The molecule has 0 spiro atoms. The van der Waals surface area contributed by atoms with E-state index in [0.29, 0.717) is 6.61 Å². The number of hydrogen-bond acceptors (Lipinski definition) is 4. The maximum atomic E-state index is 12.4. The number of carbonyl (C=O) groups is 2. The zero-order valence-corrected chi connectivity index (χ0v) is 16.0. The lowest BCUT2D eigenvalue weighted by molar-refractivity contribution is -0.126. The second kappa shape index (κ2) is 8.85. The molecule has 6 nitrogen and oxygen atoms in total. The molecule has 0 aliphatic rings. The fourth-order valence-corrected chi connectivity index (χ4v) is 1.96. The molecule has 25 heavy (non-hydrogen) atoms. The predicted octanol–water partition coefficient (Wildman–Crippen LogP) is 3.01. The molecule has 1 unspecified atom stereocenters. The Bertz CT molecular complexity index is 559. The van der Waals surface area contributed by atoms with Crippen molar-refractivity contribution in [3.63, 3.8) is 0 Å². The van der Waals surface area contributed by atoms with Gasteiger partial charge in [-0.1, -0.05) is 30.3 Å². The van der Waals surface area contributed by atoms with E-state index in [1.165, 1.54) is 0 Å². The zero-order valence-electron chi connectivity index (χ0n) is 16.0. The van der Waals surface area contributed by atoms with Gasteiger partial charge in [-0.3, -0.25) is 4.79 Å². The highest BCUT2D eigenvalue weighted by Gasteiger charge is 2.27. The van der Waals surface area contributed by atoms with Gasteiger partial charge in [-0.25, -0.2) is 4.79 Å². The van der Waals surface area contributed by atoms with Crippen LogP contribution in [0.15, 0.2) is 30.3 Å². The molecule has 0 aromatic heterocycles. The van der Waals surface area contributed by atoms with Crippen LogP contribution in [0.4, 0.5) is 4.79 Å². The van der Waals surface area contributed by atoms with Crippen LogP contribution in [0.2, 0.25) is 0 Å². The first-order valence-electron chi connectivity index (χ1n) is 8.39. The van der Waals surface area contributed by atoms with Gasteiger partial charge in [-0.15, -0.1) is 0 Å². The lowest BCUT2D eigenvalue weighted by Crippen LogP contribution is -2.54. The monoisotopic (exact) mass is 350 g/mol. The average molecular weight is 350 g/mol. The van der Waals surface area contributed by atoms with E-state index in [9.17, 15) is 9.59 Å². The summed E-state index contributed by atoms with van der Waals surface area (Å²) < 4.78 is 10.8. The number of rotatable bonds is 6. The summed E-state index contributed by atoms with van der Waals surface area (Å²) >= 11 is 0. The van der Waals surface area contributed by atoms with Crippen LogP contribution in [-0.4, -0.2) is 35.8 Å². The molecule has 0 saturated carbocycles. The van der Waals surface area contributed by atoms with E-state index >= 15 is 0 Å². The van der Waals surface area contributed by atoms with Crippen LogP contribution in [0, 0.1) is 0 Å². The highest BCUT2D eigenvalue weighted by molar-refractivity contribution is 5.86. The van der Waals surface area contributed by atoms with E-state index in [4.69, 9.17) is 9.47 Å². The third-order valence-corrected chi connectivity index (χ3v) is 2.90. The zero-order chi connectivity index (χ0) is 19.1. The lowest BCUT2D eigenvalue weighted by atomic mass is 10.1. The Morgan fingerprint density at radius 1 is 1.04 bits per heavy atom. The third kappa shape index (κ3) is 9.72. The van der Waals surface area contributed by atoms with Gasteiger partial charge in [0, 0.05) is 5.54 Å². The van der Waals surface area contributed by atoms with E-state index in [1.54, 1.807) is 20.8 Å². The van der Waals surface area contributed by atoms with Crippen molar-refractivity contribution in [1.82, 2.24) is 10.6 Å². The normalized spacial score (nSPS) is 13.0. The molecule has 1 aromatic rings. The first-order valence-corrected chi connectivity index (χ1v) is 8.39. The molecule has 0 fully saturated rings. The highest BCUT2D eigenvalue weighted by Crippen LogP contribution is 2.08. The van der Waals surface area contributed by atoms with Crippen molar-refractivity contribution in [2.45, 2.75) is 65.3 Å². The quantitative estimate of drug-likeness (QED) is 0.827. The molecule has 1 atom stereocenters. The van der Waals surface area contributed by atoms with Crippen molar-refractivity contribution < 1.29 is 19.1 Å². The van der Waals surface area contributed by atoms with Crippen LogP contribution in [-0.2, 0) is 20.9 Å². The van der Waals surface area contributed by atoms with Gasteiger partial charge >= 0.3 is 6.09 Å². The Labute approximate surface area is 150 Å². The van der Waals surface area contributed by atoms with Crippen molar-refractivity contribution in [2.24, 2.45) is 0 Å². The van der Waals surface area contributed by atoms with Gasteiger partial charge in [-0.05, 0) is 47.1 Å². The second-order valence-corrected chi connectivity index (χ2v) is 7.94. The molecule has 0 heterocycles. The van der Waals surface area contributed by atoms with Crippen molar-refractivity contribution >= 4 is 12.0 Å². The summed E-state index contributed by atoms with van der Waals surface area (Å²) in [7, 11) is 0. The van der Waals surface area contributed by atoms with Gasteiger partial charge in [0.1, 0.15) is 11.6 Å². The van der Waals surface area contributed by atoms with E-state index < -0.39 is 23.3 Å². The summed E-state index contributed by atoms with van der Waals surface area (Å²) in [6.07, 6.45) is -0.648. The largest absolute Gasteiger partial charge is 0.444 e. The van der Waals surface area contributed by atoms with Gasteiger partial charge in [0.25, 0.3) is 0 Å². The summed E-state index contributed by atoms with van der Waals surface area (Å²) in [5.41, 5.74) is -0.0560. The molecular weight excluding hydrogens is 320 g/mol. The molecular formula is C19H30N2O4. The lowest BCUT2D eigenvalue weighted by Gasteiger charge is -2.27. The molecule has 0 saturated heterocycles. The fourth-order valence-electron chi connectivity index (χ4n) is 1.96. The van der Waals surface area contributed by atoms with E-state index in [0.717, 1.165) is 5.56 Å². The standard InChI is InChI=1S/C19H30N2O4/c1-18(2,3)21-16(22)15(20-17(23)25-19(4,5)6)13-24-12-14-10-8-7-9-11-14/h7-11,15H,12-13H2,1-6H3,(H,20,23)(H,21,22). The minimum Gasteiger partial charge on any atom is -0.444 e. The maximum Gasteiger partial charge on any atom is 0.408 e. The van der Waals surface area contributed by atoms with Gasteiger partial charge in [0.05, 0.1) is 13.2 Å². The molecule has 2 amide bonds. The smallest absolute Gasteiger partial charge is 0.408 e.